The number of phenols is 1. The van der Waals surface area contributed by atoms with Gasteiger partial charge in [0.15, 0.2) is 23.0 Å². The lowest BCUT2D eigenvalue weighted by Gasteiger charge is -2.29. The molecule has 0 spiro atoms. The molecule has 1 amide bonds. The fraction of sp³-hybridized carbons (Fsp3) is 0.360. The first-order valence-corrected chi connectivity index (χ1v) is 10.5. The van der Waals surface area contributed by atoms with Gasteiger partial charge in [0.05, 0.1) is 18.2 Å². The van der Waals surface area contributed by atoms with E-state index in [1.54, 1.807) is 52.0 Å². The first-order chi connectivity index (χ1) is 15.0. The standard InChI is InChI=1S/C25H28FNO5/c1-5-32-19-14-16(8-11-18(19)28)21-20(23(30)25(2,3)4)22(29)24(31)27(21)13-12-15-6-9-17(26)10-7-15/h6-11,14,21,28-29H,5,12-13H2,1-4H3. The molecule has 2 aromatic rings. The van der Waals surface area contributed by atoms with Crippen LogP contribution in [0.1, 0.15) is 44.9 Å². The zero-order chi connectivity index (χ0) is 23.6. The Morgan fingerprint density at radius 3 is 2.38 bits per heavy atom. The Morgan fingerprint density at radius 1 is 1.12 bits per heavy atom. The summed E-state index contributed by atoms with van der Waals surface area (Å²) >= 11 is 0. The first kappa shape index (κ1) is 23.3. The van der Waals surface area contributed by atoms with Crippen molar-refractivity contribution in [2.75, 3.05) is 13.2 Å². The van der Waals surface area contributed by atoms with Gasteiger partial charge in [-0.3, -0.25) is 9.59 Å². The lowest BCUT2D eigenvalue weighted by Crippen LogP contribution is -2.34. The molecule has 1 heterocycles. The van der Waals surface area contributed by atoms with Crippen LogP contribution in [0.3, 0.4) is 0 Å². The average molecular weight is 441 g/mol. The van der Waals surface area contributed by atoms with Crippen LogP contribution in [-0.2, 0) is 16.0 Å². The van der Waals surface area contributed by atoms with Crippen molar-refractivity contribution < 1.29 is 28.9 Å². The highest BCUT2D eigenvalue weighted by atomic mass is 19.1. The average Bonchev–Trinajstić information content (AvgIpc) is 2.98. The molecule has 32 heavy (non-hydrogen) atoms. The number of carbonyl (C=O) groups excluding carboxylic acids is 2. The van der Waals surface area contributed by atoms with E-state index in [0.29, 0.717) is 18.6 Å². The quantitative estimate of drug-likeness (QED) is 0.661. The minimum absolute atomic E-state index is 0.0229. The number of aliphatic hydroxyl groups excluding tert-OH is 1. The van der Waals surface area contributed by atoms with E-state index in [1.165, 1.54) is 23.1 Å². The summed E-state index contributed by atoms with van der Waals surface area (Å²) in [6, 6.07) is 9.74. The second-order valence-corrected chi connectivity index (χ2v) is 8.78. The van der Waals surface area contributed by atoms with Crippen molar-refractivity contribution in [2.45, 2.75) is 40.2 Å². The highest BCUT2D eigenvalue weighted by molar-refractivity contribution is 6.10. The number of nitrogens with zero attached hydrogens (tertiary/aromatic N) is 1. The van der Waals surface area contributed by atoms with Gasteiger partial charge in [0.1, 0.15) is 5.82 Å². The molecule has 1 aliphatic rings. The lowest BCUT2D eigenvalue weighted by molar-refractivity contribution is -0.129. The van der Waals surface area contributed by atoms with Gasteiger partial charge in [-0.25, -0.2) is 4.39 Å². The fourth-order valence-corrected chi connectivity index (χ4v) is 3.74. The molecule has 2 aromatic carbocycles. The number of carbonyl (C=O) groups is 2. The largest absolute Gasteiger partial charge is 0.504 e. The van der Waals surface area contributed by atoms with Gasteiger partial charge in [0.25, 0.3) is 5.91 Å². The topological polar surface area (TPSA) is 87.1 Å². The predicted molar refractivity (Wildman–Crippen MR) is 118 cm³/mol. The molecule has 0 bridgehead atoms. The third kappa shape index (κ3) is 4.61. The highest BCUT2D eigenvalue weighted by Gasteiger charge is 2.45. The maximum absolute atomic E-state index is 13.2. The highest BCUT2D eigenvalue weighted by Crippen LogP contribution is 2.43. The lowest BCUT2D eigenvalue weighted by atomic mass is 9.82. The van der Waals surface area contributed by atoms with Gasteiger partial charge in [-0.15, -0.1) is 0 Å². The molecule has 1 atom stereocenters. The van der Waals surface area contributed by atoms with Crippen LogP contribution in [0.4, 0.5) is 4.39 Å². The van der Waals surface area contributed by atoms with Crippen LogP contribution in [0.2, 0.25) is 0 Å². The van der Waals surface area contributed by atoms with Crippen molar-refractivity contribution in [2.24, 2.45) is 5.41 Å². The number of phenolic OH excluding ortho intramolecular Hbond substituents is 1. The summed E-state index contributed by atoms with van der Waals surface area (Å²) < 4.78 is 18.7. The van der Waals surface area contributed by atoms with Gasteiger partial charge in [0, 0.05) is 12.0 Å². The van der Waals surface area contributed by atoms with E-state index in [2.05, 4.69) is 0 Å². The Labute approximate surface area is 186 Å². The second kappa shape index (κ2) is 9.02. The number of Topliss-reactive ketones (excluding diaryl/α,β-unsaturated/α-hetero) is 1. The molecule has 1 unspecified atom stereocenters. The molecular weight excluding hydrogens is 413 g/mol. The van der Waals surface area contributed by atoms with E-state index in [-0.39, 0.29) is 35.2 Å². The molecule has 0 fully saturated rings. The van der Waals surface area contributed by atoms with E-state index in [1.807, 2.05) is 0 Å². The van der Waals surface area contributed by atoms with Crippen LogP contribution in [0, 0.1) is 11.2 Å². The third-order valence-electron chi connectivity index (χ3n) is 5.38. The number of ether oxygens (including phenoxy) is 1. The van der Waals surface area contributed by atoms with Crippen molar-refractivity contribution in [3.05, 3.63) is 70.7 Å². The molecule has 6 nitrogen and oxygen atoms in total. The summed E-state index contributed by atoms with van der Waals surface area (Å²) in [4.78, 5) is 27.7. The minimum Gasteiger partial charge on any atom is -0.504 e. The third-order valence-corrected chi connectivity index (χ3v) is 5.38. The van der Waals surface area contributed by atoms with Crippen LogP contribution in [0.5, 0.6) is 11.5 Å². The maximum Gasteiger partial charge on any atom is 0.290 e. The Balaban J connectivity index is 2.03. The van der Waals surface area contributed by atoms with E-state index in [0.717, 1.165) is 5.56 Å². The van der Waals surface area contributed by atoms with Crippen molar-refractivity contribution in [3.63, 3.8) is 0 Å². The van der Waals surface area contributed by atoms with Crippen LogP contribution < -0.4 is 4.74 Å². The van der Waals surface area contributed by atoms with E-state index >= 15 is 0 Å². The van der Waals surface area contributed by atoms with Crippen molar-refractivity contribution in [1.29, 1.82) is 0 Å². The number of ketones is 1. The van der Waals surface area contributed by atoms with Crippen LogP contribution in [-0.4, -0.2) is 40.0 Å². The van der Waals surface area contributed by atoms with Gasteiger partial charge in [-0.1, -0.05) is 39.0 Å². The summed E-state index contributed by atoms with van der Waals surface area (Å²) in [6.45, 7) is 7.47. The minimum atomic E-state index is -0.838. The summed E-state index contributed by atoms with van der Waals surface area (Å²) in [5, 5.41) is 20.8. The second-order valence-electron chi connectivity index (χ2n) is 8.78. The molecular formula is C25H28FNO5. The number of hydrogen-bond donors (Lipinski definition) is 2. The number of aliphatic hydroxyl groups is 1. The summed E-state index contributed by atoms with van der Waals surface area (Å²) in [5.41, 5.74) is 0.549. The van der Waals surface area contributed by atoms with E-state index < -0.39 is 23.1 Å². The molecule has 0 aliphatic carbocycles. The van der Waals surface area contributed by atoms with E-state index in [4.69, 9.17) is 4.74 Å². The normalized spacial score (nSPS) is 16.6. The molecule has 3 rings (SSSR count). The monoisotopic (exact) mass is 441 g/mol. The molecule has 170 valence electrons. The zero-order valence-electron chi connectivity index (χ0n) is 18.7. The van der Waals surface area contributed by atoms with Crippen LogP contribution >= 0.6 is 0 Å². The Hall–Kier alpha value is -3.35. The zero-order valence-corrected chi connectivity index (χ0v) is 18.7. The van der Waals surface area contributed by atoms with Crippen LogP contribution in [0.15, 0.2) is 53.8 Å². The summed E-state index contributed by atoms with van der Waals surface area (Å²) in [7, 11) is 0. The Bertz CT molecular complexity index is 1050. The maximum atomic E-state index is 13.2. The number of amides is 1. The predicted octanol–water partition coefficient (Wildman–Crippen LogP) is 4.48. The number of benzene rings is 2. The first-order valence-electron chi connectivity index (χ1n) is 10.5. The van der Waals surface area contributed by atoms with Gasteiger partial charge in [-0.2, -0.15) is 0 Å². The molecule has 0 aromatic heterocycles. The van der Waals surface area contributed by atoms with Crippen molar-refractivity contribution in [3.8, 4) is 11.5 Å². The Kier molecular flexibility index (Phi) is 6.57. The smallest absolute Gasteiger partial charge is 0.290 e. The van der Waals surface area contributed by atoms with Gasteiger partial charge >= 0.3 is 0 Å². The molecule has 7 heteroatoms. The summed E-state index contributed by atoms with van der Waals surface area (Å²) in [6.07, 6.45) is 0.406. The molecule has 0 saturated heterocycles. The Morgan fingerprint density at radius 2 is 1.78 bits per heavy atom. The molecule has 1 aliphatic heterocycles. The number of hydrogen-bond acceptors (Lipinski definition) is 5. The van der Waals surface area contributed by atoms with Gasteiger partial charge < -0.3 is 19.8 Å². The van der Waals surface area contributed by atoms with Gasteiger partial charge in [0.2, 0.25) is 0 Å². The number of aromatic hydroxyl groups is 1. The van der Waals surface area contributed by atoms with Crippen molar-refractivity contribution >= 4 is 11.7 Å². The van der Waals surface area contributed by atoms with Gasteiger partial charge in [-0.05, 0) is 48.7 Å². The number of rotatable bonds is 7. The molecule has 0 saturated carbocycles. The van der Waals surface area contributed by atoms with E-state index in [9.17, 15) is 24.2 Å². The summed E-state index contributed by atoms with van der Waals surface area (Å²) in [5.74, 6) is -1.74. The fourth-order valence-electron chi connectivity index (χ4n) is 3.74. The SMILES string of the molecule is CCOc1cc(C2C(C(=O)C(C)(C)C)=C(O)C(=O)N2CCc2ccc(F)cc2)ccc1O. The molecule has 0 radical (unpaired) electrons. The number of halogens is 1. The van der Waals surface area contributed by atoms with Crippen molar-refractivity contribution in [1.82, 2.24) is 4.90 Å². The molecule has 2 N–H and O–H groups in total. The van der Waals surface area contributed by atoms with Crippen LogP contribution in [0.25, 0.3) is 0 Å².